The van der Waals surface area contributed by atoms with Crippen LogP contribution in [0.2, 0.25) is 0 Å². The summed E-state index contributed by atoms with van der Waals surface area (Å²) in [5, 5.41) is 6.11. The topological polar surface area (TPSA) is 41.1 Å². The van der Waals surface area contributed by atoms with Gasteiger partial charge in [0.2, 0.25) is 5.91 Å². The Hall–Kier alpha value is -1.13. The van der Waals surface area contributed by atoms with Crippen LogP contribution in [-0.2, 0) is 11.2 Å². The highest BCUT2D eigenvalue weighted by Gasteiger charge is 2.15. The minimum Gasteiger partial charge on any atom is -0.354 e. The average Bonchev–Trinajstić information content (AvgIpc) is 2.39. The highest BCUT2D eigenvalue weighted by Crippen LogP contribution is 2.12. The minimum absolute atomic E-state index is 0. The third kappa shape index (κ3) is 6.35. The van der Waals surface area contributed by atoms with Crippen LogP contribution in [0, 0.1) is 11.7 Å². The maximum Gasteiger partial charge on any atom is 0.223 e. The summed E-state index contributed by atoms with van der Waals surface area (Å²) in [5.41, 5.74) is 0.588. The number of amides is 1. The van der Waals surface area contributed by atoms with Gasteiger partial charge in [-0.25, -0.2) is 4.39 Å². The van der Waals surface area contributed by atoms with E-state index in [1.165, 1.54) is 6.07 Å². The Morgan fingerprint density at radius 1 is 1.30 bits per heavy atom. The molecule has 5 heteroatoms. The molecule has 0 heterocycles. The molecule has 2 N–H and O–H groups in total. The van der Waals surface area contributed by atoms with E-state index < -0.39 is 0 Å². The van der Waals surface area contributed by atoms with Crippen molar-refractivity contribution >= 4 is 18.3 Å². The van der Waals surface area contributed by atoms with E-state index in [2.05, 4.69) is 10.6 Å². The van der Waals surface area contributed by atoms with E-state index in [0.717, 1.165) is 6.54 Å². The van der Waals surface area contributed by atoms with E-state index in [9.17, 15) is 9.18 Å². The summed E-state index contributed by atoms with van der Waals surface area (Å²) in [7, 11) is 0. The van der Waals surface area contributed by atoms with Gasteiger partial charge in [0.25, 0.3) is 0 Å². The van der Waals surface area contributed by atoms with Gasteiger partial charge in [0, 0.05) is 18.5 Å². The van der Waals surface area contributed by atoms with Gasteiger partial charge in [-0.05, 0) is 31.5 Å². The van der Waals surface area contributed by atoms with Gasteiger partial charge in [-0.2, -0.15) is 0 Å². The standard InChI is InChI=1S/C15H23FN2O.ClH/c1-4-17-12(3)10-18-15(19)11(2)9-13-7-5-6-8-14(13)16;/h5-8,11-12,17H,4,9-10H2,1-3H3,(H,18,19);1H/t11?,12-;/m1./s1. The molecule has 1 amide bonds. The maximum atomic E-state index is 13.5. The summed E-state index contributed by atoms with van der Waals surface area (Å²) >= 11 is 0. The molecule has 1 unspecified atom stereocenters. The molecule has 0 aliphatic heterocycles. The molecular formula is C15H24ClFN2O. The molecule has 0 saturated carbocycles. The predicted molar refractivity (Wildman–Crippen MR) is 82.7 cm³/mol. The monoisotopic (exact) mass is 302 g/mol. The summed E-state index contributed by atoms with van der Waals surface area (Å²) < 4.78 is 13.5. The minimum atomic E-state index is -0.247. The third-order valence-corrected chi connectivity index (χ3v) is 3.07. The van der Waals surface area contributed by atoms with Crippen LogP contribution in [-0.4, -0.2) is 25.0 Å². The molecule has 0 radical (unpaired) electrons. The average molecular weight is 303 g/mol. The molecule has 1 aromatic rings. The number of carbonyl (C=O) groups is 1. The Morgan fingerprint density at radius 2 is 1.95 bits per heavy atom. The number of hydrogen-bond acceptors (Lipinski definition) is 2. The smallest absolute Gasteiger partial charge is 0.223 e. The Kier molecular flexibility index (Phi) is 9.17. The highest BCUT2D eigenvalue weighted by atomic mass is 35.5. The SMILES string of the molecule is CCN[C@H](C)CNC(=O)C(C)Cc1ccccc1F.Cl. The largest absolute Gasteiger partial charge is 0.354 e. The molecule has 114 valence electrons. The van der Waals surface area contributed by atoms with Crippen LogP contribution in [0.25, 0.3) is 0 Å². The van der Waals surface area contributed by atoms with Crippen molar-refractivity contribution in [1.82, 2.24) is 10.6 Å². The molecule has 2 atom stereocenters. The molecule has 0 fully saturated rings. The van der Waals surface area contributed by atoms with Crippen molar-refractivity contribution in [3.8, 4) is 0 Å². The van der Waals surface area contributed by atoms with Gasteiger partial charge in [0.1, 0.15) is 5.82 Å². The van der Waals surface area contributed by atoms with Crippen molar-refractivity contribution in [3.05, 3.63) is 35.6 Å². The van der Waals surface area contributed by atoms with Crippen molar-refractivity contribution in [3.63, 3.8) is 0 Å². The van der Waals surface area contributed by atoms with E-state index >= 15 is 0 Å². The first-order chi connectivity index (χ1) is 9.04. The lowest BCUT2D eigenvalue weighted by Crippen LogP contribution is -2.41. The number of halogens is 2. The van der Waals surface area contributed by atoms with Gasteiger partial charge in [-0.1, -0.05) is 32.0 Å². The molecule has 20 heavy (non-hydrogen) atoms. The van der Waals surface area contributed by atoms with Crippen LogP contribution in [0.1, 0.15) is 26.3 Å². The summed E-state index contributed by atoms with van der Waals surface area (Å²) in [4.78, 5) is 11.9. The first kappa shape index (κ1) is 18.9. The third-order valence-electron chi connectivity index (χ3n) is 3.07. The second-order valence-electron chi connectivity index (χ2n) is 4.90. The van der Waals surface area contributed by atoms with Crippen LogP contribution in [0.3, 0.4) is 0 Å². The van der Waals surface area contributed by atoms with Crippen LogP contribution in [0.5, 0.6) is 0 Å². The maximum absolute atomic E-state index is 13.5. The van der Waals surface area contributed by atoms with Gasteiger partial charge < -0.3 is 10.6 Å². The fourth-order valence-corrected chi connectivity index (χ4v) is 1.94. The molecule has 3 nitrogen and oxygen atoms in total. The first-order valence-electron chi connectivity index (χ1n) is 6.79. The summed E-state index contributed by atoms with van der Waals surface area (Å²) in [6.45, 7) is 7.33. The molecule has 1 aromatic carbocycles. The molecule has 0 bridgehead atoms. The van der Waals surface area contributed by atoms with E-state index in [1.54, 1.807) is 18.2 Å². The van der Waals surface area contributed by atoms with Gasteiger partial charge >= 0.3 is 0 Å². The number of benzene rings is 1. The molecule has 1 rings (SSSR count). The molecule has 0 aromatic heterocycles. The molecular weight excluding hydrogens is 279 g/mol. The van der Waals surface area contributed by atoms with Crippen LogP contribution < -0.4 is 10.6 Å². The summed E-state index contributed by atoms with van der Waals surface area (Å²) in [5.74, 6) is -0.512. The van der Waals surface area contributed by atoms with Crippen LogP contribution in [0.4, 0.5) is 4.39 Å². The van der Waals surface area contributed by atoms with Gasteiger partial charge in [-0.15, -0.1) is 12.4 Å². The van der Waals surface area contributed by atoms with E-state index in [4.69, 9.17) is 0 Å². The molecule has 0 saturated heterocycles. The Balaban J connectivity index is 0.00000361. The van der Waals surface area contributed by atoms with Crippen LogP contribution >= 0.6 is 12.4 Å². The normalized spacial score (nSPS) is 13.2. The number of hydrogen-bond donors (Lipinski definition) is 2. The Labute approximate surface area is 126 Å². The predicted octanol–water partition coefficient (Wildman–Crippen LogP) is 2.54. The highest BCUT2D eigenvalue weighted by molar-refractivity contribution is 5.85. The number of carbonyl (C=O) groups excluding carboxylic acids is 1. The summed E-state index contributed by atoms with van der Waals surface area (Å²) in [6.07, 6.45) is 0.425. The molecule has 0 aliphatic carbocycles. The number of rotatable bonds is 7. The van der Waals surface area contributed by atoms with Crippen molar-refractivity contribution in [2.45, 2.75) is 33.2 Å². The lowest BCUT2D eigenvalue weighted by atomic mass is 10.00. The lowest BCUT2D eigenvalue weighted by Gasteiger charge is -2.16. The van der Waals surface area contributed by atoms with Crippen molar-refractivity contribution in [1.29, 1.82) is 0 Å². The van der Waals surface area contributed by atoms with Gasteiger partial charge in [0.05, 0.1) is 0 Å². The lowest BCUT2D eigenvalue weighted by molar-refractivity contribution is -0.124. The van der Waals surface area contributed by atoms with Crippen LogP contribution in [0.15, 0.2) is 24.3 Å². The quantitative estimate of drug-likeness (QED) is 0.813. The second kappa shape index (κ2) is 9.72. The Bertz CT molecular complexity index is 415. The Morgan fingerprint density at radius 3 is 2.55 bits per heavy atom. The zero-order chi connectivity index (χ0) is 14.3. The first-order valence-corrected chi connectivity index (χ1v) is 6.79. The van der Waals surface area contributed by atoms with Crippen molar-refractivity contribution in [2.24, 2.45) is 5.92 Å². The fourth-order valence-electron chi connectivity index (χ4n) is 1.94. The fraction of sp³-hybridized carbons (Fsp3) is 0.533. The van der Waals surface area contributed by atoms with E-state index in [-0.39, 0.29) is 36.1 Å². The number of nitrogens with one attached hydrogen (secondary N) is 2. The van der Waals surface area contributed by atoms with Gasteiger partial charge in [-0.3, -0.25) is 4.79 Å². The zero-order valence-electron chi connectivity index (χ0n) is 12.3. The van der Waals surface area contributed by atoms with Crippen molar-refractivity contribution < 1.29 is 9.18 Å². The van der Waals surface area contributed by atoms with Crippen molar-refractivity contribution in [2.75, 3.05) is 13.1 Å². The zero-order valence-corrected chi connectivity index (χ0v) is 13.1. The van der Waals surface area contributed by atoms with E-state index in [0.29, 0.717) is 18.5 Å². The van der Waals surface area contributed by atoms with E-state index in [1.807, 2.05) is 20.8 Å². The summed E-state index contributed by atoms with van der Waals surface area (Å²) in [6, 6.07) is 6.83. The molecule has 0 spiro atoms. The van der Waals surface area contributed by atoms with Gasteiger partial charge in [0.15, 0.2) is 0 Å². The number of likely N-dealkylation sites (N-methyl/N-ethyl adjacent to an activating group) is 1. The molecule has 0 aliphatic rings. The second-order valence-corrected chi connectivity index (χ2v) is 4.90.